The predicted molar refractivity (Wildman–Crippen MR) is 75.3 cm³/mol. The fourth-order valence-electron chi connectivity index (χ4n) is 2.81. The average Bonchev–Trinajstić information content (AvgIpc) is 2.82. The Balaban J connectivity index is 1.84. The quantitative estimate of drug-likeness (QED) is 0.747. The Hall–Kier alpha value is -0.860. The third-order valence-corrected chi connectivity index (χ3v) is 3.98. The molecule has 1 aromatic rings. The molecule has 100 valence electrons. The number of hydrogen-bond donors (Lipinski definition) is 1. The van der Waals surface area contributed by atoms with Gasteiger partial charge in [0.1, 0.15) is 0 Å². The van der Waals surface area contributed by atoms with E-state index >= 15 is 0 Å². The zero-order valence-corrected chi connectivity index (χ0v) is 11.4. The number of rotatable bonds is 7. The summed E-state index contributed by atoms with van der Waals surface area (Å²) >= 11 is 0. The van der Waals surface area contributed by atoms with Crippen LogP contribution in [0.1, 0.15) is 50.2 Å². The third-order valence-electron chi connectivity index (χ3n) is 3.98. The summed E-state index contributed by atoms with van der Waals surface area (Å²) in [5.74, 6) is 0. The number of aliphatic hydroxyl groups is 1. The van der Waals surface area contributed by atoms with Crippen LogP contribution < -0.4 is 0 Å². The lowest BCUT2D eigenvalue weighted by Gasteiger charge is -2.25. The van der Waals surface area contributed by atoms with Crippen LogP contribution in [0.25, 0.3) is 0 Å². The summed E-state index contributed by atoms with van der Waals surface area (Å²) in [4.78, 5) is 2.43. The third kappa shape index (κ3) is 3.33. The van der Waals surface area contributed by atoms with Crippen molar-refractivity contribution in [3.05, 3.63) is 35.4 Å². The van der Waals surface area contributed by atoms with Gasteiger partial charge in [-0.15, -0.1) is 0 Å². The topological polar surface area (TPSA) is 23.5 Å². The molecule has 0 aromatic heterocycles. The van der Waals surface area contributed by atoms with E-state index in [-0.39, 0.29) is 0 Å². The van der Waals surface area contributed by atoms with Crippen molar-refractivity contribution < 1.29 is 5.11 Å². The van der Waals surface area contributed by atoms with Gasteiger partial charge in [0.05, 0.1) is 6.61 Å². The van der Waals surface area contributed by atoms with Crippen molar-refractivity contribution in [2.75, 3.05) is 6.61 Å². The molecule has 0 spiro atoms. The van der Waals surface area contributed by atoms with E-state index in [1.807, 2.05) is 0 Å². The lowest BCUT2D eigenvalue weighted by molar-refractivity contribution is 0.113. The summed E-state index contributed by atoms with van der Waals surface area (Å²) in [5.41, 5.74) is 2.87. The van der Waals surface area contributed by atoms with Gasteiger partial charge in [-0.3, -0.25) is 4.90 Å². The minimum atomic E-state index is 0.292. The van der Waals surface area contributed by atoms with Crippen molar-refractivity contribution in [2.24, 2.45) is 0 Å². The first-order valence-corrected chi connectivity index (χ1v) is 7.26. The van der Waals surface area contributed by atoms with Gasteiger partial charge >= 0.3 is 0 Å². The van der Waals surface area contributed by atoms with Gasteiger partial charge in [0, 0.05) is 19.1 Å². The SMILES string of the molecule is CCCCCCC(CO)N1Cc2ccccc2C1. The second kappa shape index (κ2) is 6.91. The maximum Gasteiger partial charge on any atom is 0.0587 e. The molecule has 18 heavy (non-hydrogen) atoms. The van der Waals surface area contributed by atoms with Gasteiger partial charge in [-0.1, -0.05) is 56.9 Å². The van der Waals surface area contributed by atoms with Crippen LogP contribution >= 0.6 is 0 Å². The van der Waals surface area contributed by atoms with Gasteiger partial charge < -0.3 is 5.11 Å². The molecule has 0 aliphatic carbocycles. The largest absolute Gasteiger partial charge is 0.395 e. The molecule has 0 amide bonds. The van der Waals surface area contributed by atoms with Gasteiger partial charge in [0.2, 0.25) is 0 Å². The molecule has 1 aliphatic rings. The van der Waals surface area contributed by atoms with Crippen LogP contribution in [-0.4, -0.2) is 22.7 Å². The molecule has 1 heterocycles. The Morgan fingerprint density at radius 1 is 1.11 bits per heavy atom. The lowest BCUT2D eigenvalue weighted by atomic mass is 10.1. The van der Waals surface area contributed by atoms with E-state index in [9.17, 15) is 5.11 Å². The van der Waals surface area contributed by atoms with Crippen molar-refractivity contribution in [1.82, 2.24) is 4.90 Å². The first-order valence-electron chi connectivity index (χ1n) is 7.26. The highest BCUT2D eigenvalue weighted by Crippen LogP contribution is 2.25. The monoisotopic (exact) mass is 247 g/mol. The van der Waals surface area contributed by atoms with Crippen LogP contribution in [0.2, 0.25) is 0 Å². The summed E-state index contributed by atoms with van der Waals surface area (Å²) in [6.45, 7) is 4.55. The minimum Gasteiger partial charge on any atom is -0.395 e. The molecule has 2 rings (SSSR count). The number of aliphatic hydroxyl groups excluding tert-OH is 1. The highest BCUT2D eigenvalue weighted by atomic mass is 16.3. The number of fused-ring (bicyclic) bond motifs is 1. The van der Waals surface area contributed by atoms with Crippen LogP contribution in [-0.2, 0) is 13.1 Å². The molecule has 1 aromatic carbocycles. The van der Waals surface area contributed by atoms with E-state index in [0.717, 1.165) is 19.5 Å². The molecule has 1 atom stereocenters. The second-order valence-corrected chi connectivity index (χ2v) is 5.36. The van der Waals surface area contributed by atoms with Crippen molar-refractivity contribution in [3.63, 3.8) is 0 Å². The molecule has 2 nitrogen and oxygen atoms in total. The second-order valence-electron chi connectivity index (χ2n) is 5.36. The summed E-state index contributed by atoms with van der Waals surface area (Å²) in [6.07, 6.45) is 6.27. The minimum absolute atomic E-state index is 0.292. The fourth-order valence-corrected chi connectivity index (χ4v) is 2.81. The van der Waals surface area contributed by atoms with Crippen LogP contribution in [0.15, 0.2) is 24.3 Å². The van der Waals surface area contributed by atoms with Crippen LogP contribution in [0.4, 0.5) is 0 Å². The normalized spacial score (nSPS) is 16.8. The number of hydrogen-bond acceptors (Lipinski definition) is 2. The maximum absolute atomic E-state index is 9.58. The molecular weight excluding hydrogens is 222 g/mol. The van der Waals surface area contributed by atoms with Crippen LogP contribution in [0.3, 0.4) is 0 Å². The highest BCUT2D eigenvalue weighted by Gasteiger charge is 2.24. The van der Waals surface area contributed by atoms with Crippen molar-refractivity contribution in [1.29, 1.82) is 0 Å². The van der Waals surface area contributed by atoms with E-state index in [4.69, 9.17) is 0 Å². The van der Waals surface area contributed by atoms with Crippen molar-refractivity contribution >= 4 is 0 Å². The van der Waals surface area contributed by atoms with Gasteiger partial charge in [-0.2, -0.15) is 0 Å². The van der Waals surface area contributed by atoms with E-state index in [0.29, 0.717) is 12.6 Å². The highest BCUT2D eigenvalue weighted by molar-refractivity contribution is 5.30. The number of unbranched alkanes of at least 4 members (excludes halogenated alkanes) is 3. The van der Waals surface area contributed by atoms with Gasteiger partial charge in [0.25, 0.3) is 0 Å². The van der Waals surface area contributed by atoms with E-state index in [1.165, 1.54) is 36.8 Å². The van der Waals surface area contributed by atoms with E-state index in [2.05, 4.69) is 36.1 Å². The Labute approximate surface area is 111 Å². The molecule has 0 fully saturated rings. The fraction of sp³-hybridized carbons (Fsp3) is 0.625. The molecule has 2 heteroatoms. The maximum atomic E-state index is 9.58. The van der Waals surface area contributed by atoms with Crippen LogP contribution in [0, 0.1) is 0 Å². The Morgan fingerprint density at radius 2 is 1.78 bits per heavy atom. The molecule has 1 unspecified atom stereocenters. The molecule has 0 saturated carbocycles. The zero-order chi connectivity index (χ0) is 12.8. The summed E-state index contributed by atoms with van der Waals surface area (Å²) in [6, 6.07) is 8.98. The smallest absolute Gasteiger partial charge is 0.0587 e. The number of nitrogens with zero attached hydrogens (tertiary/aromatic N) is 1. The summed E-state index contributed by atoms with van der Waals surface area (Å²) < 4.78 is 0. The Morgan fingerprint density at radius 3 is 2.33 bits per heavy atom. The van der Waals surface area contributed by atoms with E-state index < -0.39 is 0 Å². The summed E-state index contributed by atoms with van der Waals surface area (Å²) in [5, 5.41) is 9.58. The van der Waals surface area contributed by atoms with E-state index in [1.54, 1.807) is 0 Å². The van der Waals surface area contributed by atoms with Crippen molar-refractivity contribution in [3.8, 4) is 0 Å². The molecule has 1 aliphatic heterocycles. The van der Waals surface area contributed by atoms with Gasteiger partial charge in [0.15, 0.2) is 0 Å². The number of benzene rings is 1. The first kappa shape index (κ1) is 13.6. The standard InChI is InChI=1S/C16H25NO/c1-2-3-4-5-10-16(13-18)17-11-14-8-6-7-9-15(14)12-17/h6-9,16,18H,2-5,10-13H2,1H3. The van der Waals surface area contributed by atoms with Gasteiger partial charge in [-0.25, -0.2) is 0 Å². The van der Waals surface area contributed by atoms with Crippen LogP contribution in [0.5, 0.6) is 0 Å². The molecule has 0 radical (unpaired) electrons. The first-order chi connectivity index (χ1) is 8.85. The lowest BCUT2D eigenvalue weighted by Crippen LogP contribution is -2.33. The molecule has 1 N–H and O–H groups in total. The Kier molecular flexibility index (Phi) is 5.21. The average molecular weight is 247 g/mol. The Bertz CT molecular complexity index is 339. The molecular formula is C16H25NO. The zero-order valence-electron chi connectivity index (χ0n) is 11.4. The summed E-state index contributed by atoms with van der Waals surface area (Å²) in [7, 11) is 0. The molecule has 0 bridgehead atoms. The van der Waals surface area contributed by atoms with Crippen molar-refractivity contribution in [2.45, 2.75) is 58.2 Å². The molecule has 0 saturated heterocycles. The predicted octanol–water partition coefficient (Wildman–Crippen LogP) is 3.33. The van der Waals surface area contributed by atoms with Gasteiger partial charge in [-0.05, 0) is 17.5 Å².